The molecule has 0 unspecified atom stereocenters. The first-order chi connectivity index (χ1) is 8.75. The molecule has 0 saturated carbocycles. The number of rotatable bonds is 5. The molecule has 1 nitrogen and oxygen atoms in total. The maximum atomic E-state index is 11.9. The van der Waals surface area contributed by atoms with Crippen molar-refractivity contribution in [1.29, 1.82) is 0 Å². The lowest BCUT2D eigenvalue weighted by Crippen LogP contribution is -2.03. The van der Waals surface area contributed by atoms with Crippen LogP contribution in [0.4, 0.5) is 0 Å². The van der Waals surface area contributed by atoms with E-state index >= 15 is 0 Å². The zero-order valence-electron chi connectivity index (χ0n) is 10.6. The fraction of sp³-hybridized carbons (Fsp3) is 0.438. The standard InChI is InChI=1S/C16H19ClO/c17-15-11-9-14(10-12-15)16(18)8-4-7-13-5-2-1-3-6-13/h2,5,9-13H,1,3-4,6-8H2/t13-/m1/s1. The predicted molar refractivity (Wildman–Crippen MR) is 76.1 cm³/mol. The van der Waals surface area contributed by atoms with Gasteiger partial charge in [0, 0.05) is 17.0 Å². The summed E-state index contributed by atoms with van der Waals surface area (Å²) < 4.78 is 0. The van der Waals surface area contributed by atoms with Crippen LogP contribution in [0.25, 0.3) is 0 Å². The molecule has 1 aliphatic rings. The summed E-state index contributed by atoms with van der Waals surface area (Å²) in [5.74, 6) is 0.920. The van der Waals surface area contributed by atoms with E-state index in [4.69, 9.17) is 11.6 Å². The van der Waals surface area contributed by atoms with Gasteiger partial charge in [0.05, 0.1) is 0 Å². The summed E-state index contributed by atoms with van der Waals surface area (Å²) in [4.78, 5) is 11.9. The van der Waals surface area contributed by atoms with Gasteiger partial charge >= 0.3 is 0 Å². The smallest absolute Gasteiger partial charge is 0.162 e. The lowest BCUT2D eigenvalue weighted by Gasteiger charge is -2.15. The van der Waals surface area contributed by atoms with E-state index < -0.39 is 0 Å². The zero-order valence-corrected chi connectivity index (χ0v) is 11.3. The van der Waals surface area contributed by atoms with E-state index in [1.165, 1.54) is 19.3 Å². The van der Waals surface area contributed by atoms with Gasteiger partial charge in [-0.15, -0.1) is 0 Å². The van der Waals surface area contributed by atoms with Gasteiger partial charge in [0.2, 0.25) is 0 Å². The van der Waals surface area contributed by atoms with Crippen LogP contribution in [0.3, 0.4) is 0 Å². The fourth-order valence-electron chi connectivity index (χ4n) is 2.43. The second-order valence-corrected chi connectivity index (χ2v) is 5.38. The highest BCUT2D eigenvalue weighted by Crippen LogP contribution is 2.22. The summed E-state index contributed by atoms with van der Waals surface area (Å²) in [7, 11) is 0. The van der Waals surface area contributed by atoms with Gasteiger partial charge in [-0.3, -0.25) is 4.79 Å². The molecule has 0 saturated heterocycles. The number of hydrogen-bond donors (Lipinski definition) is 0. The van der Waals surface area contributed by atoms with Crippen LogP contribution in [0.15, 0.2) is 36.4 Å². The SMILES string of the molecule is O=C(CCC[C@@H]1C=CCCC1)c1ccc(Cl)cc1. The highest BCUT2D eigenvalue weighted by molar-refractivity contribution is 6.30. The van der Waals surface area contributed by atoms with Crippen molar-refractivity contribution in [3.8, 4) is 0 Å². The second-order valence-electron chi connectivity index (χ2n) is 4.94. The van der Waals surface area contributed by atoms with Crippen molar-refractivity contribution in [3.63, 3.8) is 0 Å². The Balaban J connectivity index is 1.76. The predicted octanol–water partition coefficient (Wildman–Crippen LogP) is 5.05. The molecule has 1 atom stereocenters. The molecule has 0 N–H and O–H groups in total. The molecule has 0 heterocycles. The molecule has 96 valence electrons. The van der Waals surface area contributed by atoms with Crippen molar-refractivity contribution in [3.05, 3.63) is 47.0 Å². The van der Waals surface area contributed by atoms with Gasteiger partial charge < -0.3 is 0 Å². The number of hydrogen-bond acceptors (Lipinski definition) is 1. The van der Waals surface area contributed by atoms with E-state index in [1.54, 1.807) is 12.1 Å². The Hall–Kier alpha value is -1.08. The highest BCUT2D eigenvalue weighted by atomic mass is 35.5. The van der Waals surface area contributed by atoms with Gasteiger partial charge in [-0.2, -0.15) is 0 Å². The molecule has 2 rings (SSSR count). The Morgan fingerprint density at radius 3 is 2.72 bits per heavy atom. The first kappa shape index (κ1) is 13.4. The molecule has 0 aromatic heterocycles. The summed E-state index contributed by atoms with van der Waals surface area (Å²) in [6, 6.07) is 7.17. The van der Waals surface area contributed by atoms with Crippen molar-refractivity contribution >= 4 is 17.4 Å². The maximum Gasteiger partial charge on any atom is 0.162 e. The first-order valence-electron chi connectivity index (χ1n) is 6.71. The van der Waals surface area contributed by atoms with Crippen LogP contribution in [0.2, 0.25) is 5.02 Å². The number of ketones is 1. The number of allylic oxidation sites excluding steroid dienone is 2. The summed E-state index contributed by atoms with van der Waals surface area (Å²) in [5, 5.41) is 0.680. The van der Waals surface area contributed by atoms with E-state index in [9.17, 15) is 4.79 Å². The quantitative estimate of drug-likeness (QED) is 0.536. The summed E-state index contributed by atoms with van der Waals surface area (Å²) in [6.07, 6.45) is 11.2. The van der Waals surface area contributed by atoms with Crippen LogP contribution in [0.1, 0.15) is 48.9 Å². The van der Waals surface area contributed by atoms with Crippen LogP contribution in [0, 0.1) is 5.92 Å². The van der Waals surface area contributed by atoms with E-state index in [0.717, 1.165) is 18.4 Å². The molecule has 18 heavy (non-hydrogen) atoms. The molecule has 0 aliphatic heterocycles. The molecular formula is C16H19ClO. The molecule has 1 aromatic carbocycles. The number of carbonyl (C=O) groups excluding carboxylic acids is 1. The largest absolute Gasteiger partial charge is 0.294 e. The van der Waals surface area contributed by atoms with Gasteiger partial charge in [0.25, 0.3) is 0 Å². The maximum absolute atomic E-state index is 11.9. The van der Waals surface area contributed by atoms with Gasteiger partial charge in [-0.05, 0) is 62.3 Å². The summed E-state index contributed by atoms with van der Waals surface area (Å²) >= 11 is 5.80. The molecule has 0 radical (unpaired) electrons. The second kappa shape index (κ2) is 6.75. The van der Waals surface area contributed by atoms with Crippen molar-refractivity contribution in [2.75, 3.05) is 0 Å². The van der Waals surface area contributed by atoms with Crippen LogP contribution >= 0.6 is 11.6 Å². The van der Waals surface area contributed by atoms with Crippen molar-refractivity contribution in [1.82, 2.24) is 0 Å². The zero-order chi connectivity index (χ0) is 12.8. The van der Waals surface area contributed by atoms with Crippen LogP contribution in [0.5, 0.6) is 0 Å². The number of halogens is 1. The number of benzene rings is 1. The van der Waals surface area contributed by atoms with Crippen molar-refractivity contribution in [2.24, 2.45) is 5.92 Å². The van der Waals surface area contributed by atoms with Crippen molar-refractivity contribution in [2.45, 2.75) is 38.5 Å². The van der Waals surface area contributed by atoms with Crippen LogP contribution in [-0.2, 0) is 0 Å². The minimum atomic E-state index is 0.228. The van der Waals surface area contributed by atoms with E-state index in [1.807, 2.05) is 12.1 Å². The summed E-state index contributed by atoms with van der Waals surface area (Å²) in [5.41, 5.74) is 0.776. The minimum Gasteiger partial charge on any atom is -0.294 e. The monoisotopic (exact) mass is 262 g/mol. The Labute approximate surface area is 114 Å². The Kier molecular flexibility index (Phi) is 5.00. The van der Waals surface area contributed by atoms with Crippen molar-refractivity contribution < 1.29 is 4.79 Å². The Morgan fingerprint density at radius 1 is 1.28 bits per heavy atom. The normalized spacial score (nSPS) is 18.8. The van der Waals surface area contributed by atoms with Gasteiger partial charge in [0.15, 0.2) is 5.78 Å². The molecule has 0 spiro atoms. The average Bonchev–Trinajstić information content (AvgIpc) is 2.40. The molecule has 2 heteroatoms. The van der Waals surface area contributed by atoms with Crippen LogP contribution < -0.4 is 0 Å². The lowest BCUT2D eigenvalue weighted by molar-refractivity contribution is 0.0978. The number of Topliss-reactive ketones (excluding diaryl/α,β-unsaturated/α-hetero) is 1. The third-order valence-corrected chi connectivity index (χ3v) is 3.75. The van der Waals surface area contributed by atoms with Crippen LogP contribution in [-0.4, -0.2) is 5.78 Å². The molecule has 0 amide bonds. The Bertz CT molecular complexity index is 419. The third kappa shape index (κ3) is 3.99. The highest BCUT2D eigenvalue weighted by Gasteiger charge is 2.10. The Morgan fingerprint density at radius 2 is 2.06 bits per heavy atom. The third-order valence-electron chi connectivity index (χ3n) is 3.50. The lowest BCUT2D eigenvalue weighted by atomic mass is 9.90. The molecule has 0 bridgehead atoms. The van der Waals surface area contributed by atoms with E-state index in [2.05, 4.69) is 12.2 Å². The van der Waals surface area contributed by atoms with Gasteiger partial charge in [-0.25, -0.2) is 0 Å². The summed E-state index contributed by atoms with van der Waals surface area (Å²) in [6.45, 7) is 0. The van der Waals surface area contributed by atoms with Gasteiger partial charge in [-0.1, -0.05) is 23.8 Å². The molecular weight excluding hydrogens is 244 g/mol. The molecule has 1 aromatic rings. The van der Waals surface area contributed by atoms with E-state index in [0.29, 0.717) is 17.4 Å². The molecule has 1 aliphatic carbocycles. The first-order valence-corrected chi connectivity index (χ1v) is 7.09. The minimum absolute atomic E-state index is 0.228. The topological polar surface area (TPSA) is 17.1 Å². The fourth-order valence-corrected chi connectivity index (χ4v) is 2.55. The average molecular weight is 263 g/mol. The van der Waals surface area contributed by atoms with Gasteiger partial charge in [0.1, 0.15) is 0 Å². The number of carbonyl (C=O) groups is 1. The van der Waals surface area contributed by atoms with E-state index in [-0.39, 0.29) is 5.78 Å². The molecule has 0 fully saturated rings.